The number of hydrogen-bond acceptors (Lipinski definition) is 5. The quantitative estimate of drug-likeness (QED) is 0.292. The topological polar surface area (TPSA) is 131 Å². The van der Waals surface area contributed by atoms with E-state index in [9.17, 15) is 4.57 Å². The predicted molar refractivity (Wildman–Crippen MR) is 39.0 cm³/mol. The minimum absolute atomic E-state index is 0.325. The predicted octanol–water partition coefficient (Wildman–Crippen LogP) is -1.11. The van der Waals surface area contributed by atoms with Gasteiger partial charge in [-0.05, 0) is 0 Å². The Kier molecular flexibility index (Phi) is 3.73. The Morgan fingerprint density at radius 2 is 1.82 bits per heavy atom. The van der Waals surface area contributed by atoms with E-state index in [4.69, 9.17) is 24.5 Å². The molecule has 0 radical (unpaired) electrons. The molecule has 0 amide bonds. The first-order chi connectivity index (χ1) is 4.71. The second kappa shape index (κ2) is 3.69. The Morgan fingerprint density at radius 1 is 1.36 bits per heavy atom. The van der Waals surface area contributed by atoms with Gasteiger partial charge in [0.2, 0.25) is 5.96 Å². The SMILES string of the molecule is O=P(O)(O)CN=C[P+](O)(O)O. The van der Waals surface area contributed by atoms with Crippen LogP contribution in [0.25, 0.3) is 0 Å². The third kappa shape index (κ3) is 10.1. The maximum absolute atomic E-state index is 10.1. The molecule has 0 aromatic rings. The largest absolute Gasteiger partial charge is 0.452 e. The van der Waals surface area contributed by atoms with Gasteiger partial charge in [-0.25, -0.2) is 4.99 Å². The minimum Gasteiger partial charge on any atom is -0.323 e. The summed E-state index contributed by atoms with van der Waals surface area (Å²) in [7, 11) is -8.40. The van der Waals surface area contributed by atoms with Gasteiger partial charge in [-0.1, -0.05) is 0 Å². The first-order valence-corrected chi connectivity index (χ1v) is 5.85. The highest BCUT2D eigenvalue weighted by Crippen LogP contribution is 2.42. The van der Waals surface area contributed by atoms with Gasteiger partial charge in [0.05, 0.1) is 0 Å². The summed E-state index contributed by atoms with van der Waals surface area (Å²) in [6.45, 7) is 0. The summed E-state index contributed by atoms with van der Waals surface area (Å²) in [6.07, 6.45) is -0.865. The van der Waals surface area contributed by atoms with Crippen LogP contribution in [0.5, 0.6) is 0 Å². The zero-order valence-electron chi connectivity index (χ0n) is 5.27. The number of aliphatic imine (C=N–C) groups is 1. The molecule has 0 aromatic carbocycles. The lowest BCUT2D eigenvalue weighted by atomic mass is 11.4. The first-order valence-electron chi connectivity index (χ1n) is 2.33. The van der Waals surface area contributed by atoms with Crippen molar-refractivity contribution in [1.82, 2.24) is 0 Å². The van der Waals surface area contributed by atoms with E-state index in [2.05, 4.69) is 4.99 Å². The van der Waals surface area contributed by atoms with Crippen LogP contribution in [0.1, 0.15) is 0 Å². The Bertz CT molecular complexity index is 189. The van der Waals surface area contributed by atoms with Gasteiger partial charge in [0.25, 0.3) is 0 Å². The van der Waals surface area contributed by atoms with Crippen LogP contribution in [-0.2, 0) is 4.57 Å². The van der Waals surface area contributed by atoms with Crippen LogP contribution in [-0.4, -0.2) is 36.7 Å². The van der Waals surface area contributed by atoms with Crippen molar-refractivity contribution < 1.29 is 29.0 Å². The summed E-state index contributed by atoms with van der Waals surface area (Å²) < 4.78 is 10.1. The molecule has 5 N–H and O–H groups in total. The molecule has 0 aromatic heterocycles. The second-order valence-electron chi connectivity index (χ2n) is 1.72. The van der Waals surface area contributed by atoms with Crippen molar-refractivity contribution in [2.75, 3.05) is 6.29 Å². The van der Waals surface area contributed by atoms with Gasteiger partial charge in [-0.15, -0.1) is 0 Å². The molecule has 0 spiro atoms. The lowest BCUT2D eigenvalue weighted by Crippen LogP contribution is -1.90. The normalized spacial score (nSPS) is 14.3. The molecular weight excluding hydrogens is 196 g/mol. The monoisotopic (exact) mass is 204 g/mol. The summed E-state index contributed by atoms with van der Waals surface area (Å²) in [6, 6.07) is 0. The third-order valence-corrected chi connectivity index (χ3v) is 1.51. The van der Waals surface area contributed by atoms with Crippen molar-refractivity contribution in [2.45, 2.75) is 0 Å². The third-order valence-electron chi connectivity index (χ3n) is 0.502. The fourth-order valence-electron chi connectivity index (χ4n) is 0.252. The summed E-state index contributed by atoms with van der Waals surface area (Å²) in [5.74, 6) is 0.325. The highest BCUT2D eigenvalue weighted by atomic mass is 31.2. The maximum atomic E-state index is 10.1. The van der Waals surface area contributed by atoms with Gasteiger partial charge in [0.1, 0.15) is 6.29 Å². The molecule has 0 saturated heterocycles. The van der Waals surface area contributed by atoms with Crippen LogP contribution in [0.3, 0.4) is 0 Å². The number of rotatable bonds is 3. The molecule has 0 aliphatic rings. The Labute approximate surface area is 62.8 Å². The lowest BCUT2D eigenvalue weighted by Gasteiger charge is -1.97. The van der Waals surface area contributed by atoms with E-state index in [1.807, 2.05) is 0 Å². The molecule has 9 heteroatoms. The van der Waals surface area contributed by atoms with Crippen LogP contribution < -0.4 is 0 Å². The van der Waals surface area contributed by atoms with Crippen molar-refractivity contribution in [2.24, 2.45) is 4.99 Å². The van der Waals surface area contributed by atoms with Crippen molar-refractivity contribution in [3.8, 4) is 0 Å². The van der Waals surface area contributed by atoms with E-state index >= 15 is 0 Å². The molecule has 0 atom stereocenters. The molecule has 11 heavy (non-hydrogen) atoms. The van der Waals surface area contributed by atoms with Gasteiger partial charge >= 0.3 is 15.5 Å². The van der Waals surface area contributed by atoms with E-state index in [-0.39, 0.29) is 0 Å². The van der Waals surface area contributed by atoms with Gasteiger partial charge in [0.15, 0.2) is 0 Å². The van der Waals surface area contributed by atoms with E-state index in [0.717, 1.165) is 0 Å². The van der Waals surface area contributed by atoms with Crippen molar-refractivity contribution >= 4 is 21.5 Å². The molecule has 0 aliphatic heterocycles. The Hall–Kier alpha value is 0.130. The number of hydrogen-bond donors (Lipinski definition) is 5. The lowest BCUT2D eigenvalue weighted by molar-refractivity contribution is 0.353. The summed E-state index contributed by atoms with van der Waals surface area (Å²) in [4.78, 5) is 44.0. The second-order valence-corrected chi connectivity index (χ2v) is 4.79. The summed E-state index contributed by atoms with van der Waals surface area (Å²) in [5.41, 5.74) is 0. The van der Waals surface area contributed by atoms with Crippen LogP contribution in [0.2, 0.25) is 0 Å². The number of nitrogens with zero attached hydrogens (tertiary/aromatic N) is 1. The van der Waals surface area contributed by atoms with E-state index in [1.54, 1.807) is 0 Å². The van der Waals surface area contributed by atoms with Crippen LogP contribution >= 0.6 is 15.5 Å². The van der Waals surface area contributed by atoms with Crippen LogP contribution in [0.4, 0.5) is 0 Å². The highest BCUT2D eigenvalue weighted by Gasteiger charge is 2.27. The molecule has 0 heterocycles. The fraction of sp³-hybridized carbons (Fsp3) is 0.500. The summed E-state index contributed by atoms with van der Waals surface area (Å²) in [5, 5.41) is 0. The molecular formula is C2H8NO6P2+. The molecule has 66 valence electrons. The minimum atomic E-state index is -4.27. The van der Waals surface area contributed by atoms with Crippen molar-refractivity contribution in [3.05, 3.63) is 0 Å². The van der Waals surface area contributed by atoms with E-state index in [0.29, 0.717) is 5.96 Å². The Morgan fingerprint density at radius 3 is 2.09 bits per heavy atom. The molecule has 0 rings (SSSR count). The van der Waals surface area contributed by atoms with Crippen molar-refractivity contribution in [1.29, 1.82) is 0 Å². The summed E-state index contributed by atoms with van der Waals surface area (Å²) >= 11 is 0. The van der Waals surface area contributed by atoms with Gasteiger partial charge < -0.3 is 9.79 Å². The Balaban J connectivity index is 3.90. The smallest absolute Gasteiger partial charge is 0.323 e. The first kappa shape index (κ1) is 11.1. The van der Waals surface area contributed by atoms with Gasteiger partial charge in [-0.3, -0.25) is 4.57 Å². The average molecular weight is 204 g/mol. The molecule has 0 fully saturated rings. The molecule has 0 saturated carbocycles. The maximum Gasteiger partial charge on any atom is 0.452 e. The standard InChI is InChI=1S/C2H7NO6P2/c4-10(5,6)1-3-2-11(7,8)9/h1,4-6H,2H2,(H-,7,8,9)/p+1. The van der Waals surface area contributed by atoms with Gasteiger partial charge in [-0.2, -0.15) is 14.7 Å². The fourth-order valence-corrected chi connectivity index (χ4v) is 0.976. The average Bonchev–Trinajstić information content (AvgIpc) is 1.55. The molecule has 0 bridgehead atoms. The van der Waals surface area contributed by atoms with Gasteiger partial charge in [0, 0.05) is 0 Å². The molecule has 7 nitrogen and oxygen atoms in total. The molecule has 0 aliphatic carbocycles. The van der Waals surface area contributed by atoms with E-state index in [1.165, 1.54) is 0 Å². The van der Waals surface area contributed by atoms with Crippen LogP contribution in [0, 0.1) is 0 Å². The van der Waals surface area contributed by atoms with Crippen molar-refractivity contribution in [3.63, 3.8) is 0 Å². The zero-order chi connectivity index (χ0) is 9.12. The van der Waals surface area contributed by atoms with E-state index < -0.39 is 21.8 Å². The highest BCUT2D eigenvalue weighted by molar-refractivity contribution is 7.74. The molecule has 0 unspecified atom stereocenters. The zero-order valence-corrected chi connectivity index (χ0v) is 7.06. The van der Waals surface area contributed by atoms with Crippen LogP contribution in [0.15, 0.2) is 4.99 Å².